The summed E-state index contributed by atoms with van der Waals surface area (Å²) in [4.78, 5) is 31.2. The molecule has 0 fully saturated rings. The van der Waals surface area contributed by atoms with E-state index in [1.165, 1.54) is 12.2 Å². The number of oxazole rings is 1. The highest BCUT2D eigenvalue weighted by Crippen LogP contribution is 2.20. The fourth-order valence-electron chi connectivity index (χ4n) is 3.00. The second-order valence-corrected chi connectivity index (χ2v) is 8.01. The van der Waals surface area contributed by atoms with Crippen molar-refractivity contribution in [3.05, 3.63) is 72.1 Å². The number of esters is 1. The molecule has 3 rings (SSSR count). The molecule has 0 aliphatic heterocycles. The van der Waals surface area contributed by atoms with E-state index in [-0.39, 0.29) is 5.91 Å². The van der Waals surface area contributed by atoms with Gasteiger partial charge in [-0.1, -0.05) is 42.5 Å². The van der Waals surface area contributed by atoms with Crippen molar-refractivity contribution in [1.82, 2.24) is 9.88 Å². The molecule has 3 aromatic rings. The molecule has 30 heavy (non-hydrogen) atoms. The Morgan fingerprint density at radius 2 is 1.77 bits per heavy atom. The van der Waals surface area contributed by atoms with Gasteiger partial charge in [0.05, 0.1) is 0 Å². The molecule has 0 bridgehead atoms. The first-order chi connectivity index (χ1) is 14.2. The van der Waals surface area contributed by atoms with Gasteiger partial charge in [-0.05, 0) is 45.4 Å². The Morgan fingerprint density at radius 3 is 2.43 bits per heavy atom. The Labute approximate surface area is 176 Å². The second kappa shape index (κ2) is 8.95. The third-order valence-electron chi connectivity index (χ3n) is 4.57. The van der Waals surface area contributed by atoms with Gasteiger partial charge in [-0.15, -0.1) is 0 Å². The van der Waals surface area contributed by atoms with Crippen LogP contribution in [-0.4, -0.2) is 33.4 Å². The van der Waals surface area contributed by atoms with Crippen molar-refractivity contribution in [3.63, 3.8) is 0 Å². The van der Waals surface area contributed by atoms with Crippen molar-refractivity contribution < 1.29 is 18.7 Å². The van der Waals surface area contributed by atoms with Crippen molar-refractivity contribution in [3.8, 4) is 0 Å². The first-order valence-corrected chi connectivity index (χ1v) is 9.84. The summed E-state index contributed by atoms with van der Waals surface area (Å²) in [5, 5.41) is 0. The molecular formula is C24H26N2O4. The van der Waals surface area contributed by atoms with E-state index in [4.69, 9.17) is 9.15 Å². The van der Waals surface area contributed by atoms with Gasteiger partial charge in [0.15, 0.2) is 11.7 Å². The van der Waals surface area contributed by atoms with E-state index in [2.05, 4.69) is 4.98 Å². The fraction of sp³-hybridized carbons (Fsp3) is 0.292. The molecule has 0 aliphatic carbocycles. The third-order valence-corrected chi connectivity index (χ3v) is 4.57. The van der Waals surface area contributed by atoms with Gasteiger partial charge < -0.3 is 14.1 Å². The van der Waals surface area contributed by atoms with Crippen LogP contribution in [-0.2, 0) is 20.9 Å². The number of carbonyl (C=O) groups excluding carboxylic acids is 2. The monoisotopic (exact) mass is 406 g/mol. The molecule has 1 aromatic heterocycles. The molecule has 0 unspecified atom stereocenters. The number of hydrogen-bond donors (Lipinski definition) is 0. The summed E-state index contributed by atoms with van der Waals surface area (Å²) >= 11 is 0. The van der Waals surface area contributed by atoms with Gasteiger partial charge in [0.25, 0.3) is 5.91 Å². The molecule has 0 spiro atoms. The van der Waals surface area contributed by atoms with Gasteiger partial charge in [0.2, 0.25) is 5.89 Å². The van der Waals surface area contributed by atoms with E-state index in [0.29, 0.717) is 23.5 Å². The van der Waals surface area contributed by atoms with Crippen molar-refractivity contribution in [2.24, 2.45) is 0 Å². The van der Waals surface area contributed by atoms with Crippen LogP contribution >= 0.6 is 0 Å². The Morgan fingerprint density at radius 1 is 1.10 bits per heavy atom. The first kappa shape index (κ1) is 21.3. The summed E-state index contributed by atoms with van der Waals surface area (Å²) in [6.07, 6.45) is 1.73. The molecule has 1 heterocycles. The second-order valence-electron chi connectivity index (χ2n) is 8.01. The van der Waals surface area contributed by atoms with E-state index >= 15 is 0 Å². The molecule has 0 saturated heterocycles. The maximum atomic E-state index is 13.0. The van der Waals surface area contributed by atoms with Crippen molar-refractivity contribution in [2.45, 2.75) is 45.9 Å². The van der Waals surface area contributed by atoms with Crippen LogP contribution in [0, 0.1) is 0 Å². The summed E-state index contributed by atoms with van der Waals surface area (Å²) in [7, 11) is 0. The number of para-hydroxylation sites is 2. The van der Waals surface area contributed by atoms with Gasteiger partial charge in [0, 0.05) is 24.2 Å². The Hall–Kier alpha value is -3.41. The Kier molecular flexibility index (Phi) is 6.35. The molecule has 6 heteroatoms. The minimum absolute atomic E-state index is 0.255. The molecule has 0 N–H and O–H groups in total. The molecule has 1 atom stereocenters. The van der Waals surface area contributed by atoms with Crippen LogP contribution in [0.2, 0.25) is 0 Å². The predicted molar refractivity (Wildman–Crippen MR) is 115 cm³/mol. The topological polar surface area (TPSA) is 72.6 Å². The number of nitrogens with zero attached hydrogens (tertiary/aromatic N) is 2. The maximum Gasteiger partial charge on any atom is 0.331 e. The lowest BCUT2D eigenvalue weighted by molar-refractivity contribution is -0.158. The van der Waals surface area contributed by atoms with Crippen molar-refractivity contribution in [1.29, 1.82) is 0 Å². The minimum Gasteiger partial charge on any atom is -0.449 e. The van der Waals surface area contributed by atoms with Gasteiger partial charge in [-0.3, -0.25) is 4.79 Å². The van der Waals surface area contributed by atoms with E-state index in [9.17, 15) is 9.59 Å². The third kappa shape index (κ3) is 5.35. The van der Waals surface area contributed by atoms with E-state index in [1.807, 2.05) is 69.3 Å². The van der Waals surface area contributed by atoms with E-state index < -0.39 is 17.6 Å². The van der Waals surface area contributed by atoms with Crippen LogP contribution in [0.25, 0.3) is 17.2 Å². The van der Waals surface area contributed by atoms with Crippen LogP contribution in [0.5, 0.6) is 0 Å². The number of amides is 1. The molecule has 6 nitrogen and oxygen atoms in total. The minimum atomic E-state index is -0.922. The molecular weight excluding hydrogens is 380 g/mol. The van der Waals surface area contributed by atoms with Crippen molar-refractivity contribution >= 4 is 29.1 Å². The summed E-state index contributed by atoms with van der Waals surface area (Å²) in [5.41, 5.74) is 1.92. The predicted octanol–water partition coefficient (Wildman–Crippen LogP) is 4.60. The highest BCUT2D eigenvalue weighted by molar-refractivity contribution is 5.90. The molecule has 2 aromatic carbocycles. The van der Waals surface area contributed by atoms with Crippen LogP contribution in [0.15, 0.2) is 65.1 Å². The number of aromatic nitrogens is 1. The lowest BCUT2D eigenvalue weighted by atomic mass is 10.0. The average molecular weight is 406 g/mol. The van der Waals surface area contributed by atoms with E-state index in [0.717, 1.165) is 5.56 Å². The SMILES string of the molecule is C[C@@H](OC(=O)/C=C/c1nc2ccccc2o1)C(=O)N(Cc1ccccc1)C(C)(C)C. The van der Waals surface area contributed by atoms with Gasteiger partial charge in [-0.25, -0.2) is 9.78 Å². The average Bonchev–Trinajstić information content (AvgIpc) is 3.13. The number of benzene rings is 2. The van der Waals surface area contributed by atoms with Crippen LogP contribution in [0.4, 0.5) is 0 Å². The van der Waals surface area contributed by atoms with Crippen LogP contribution in [0.3, 0.4) is 0 Å². The number of rotatable bonds is 6. The van der Waals surface area contributed by atoms with Crippen molar-refractivity contribution in [2.75, 3.05) is 0 Å². The largest absolute Gasteiger partial charge is 0.449 e. The summed E-state index contributed by atoms with van der Waals surface area (Å²) in [5.74, 6) is -0.589. The van der Waals surface area contributed by atoms with Gasteiger partial charge >= 0.3 is 5.97 Å². The van der Waals surface area contributed by atoms with Crippen LogP contribution < -0.4 is 0 Å². The standard InChI is InChI=1S/C24H26N2O4/c1-17(23(28)26(24(2,3)4)16-18-10-6-5-7-11-18)29-22(27)15-14-21-25-19-12-8-9-13-20(19)30-21/h5-15,17H,16H2,1-4H3/b15-14+/t17-/m1/s1. The van der Waals surface area contributed by atoms with Gasteiger partial charge in [0.1, 0.15) is 5.52 Å². The number of hydrogen-bond acceptors (Lipinski definition) is 5. The molecule has 0 aliphatic rings. The van der Waals surface area contributed by atoms with Crippen LogP contribution in [0.1, 0.15) is 39.1 Å². The zero-order valence-corrected chi connectivity index (χ0v) is 17.7. The molecule has 0 radical (unpaired) electrons. The molecule has 0 saturated carbocycles. The number of fused-ring (bicyclic) bond motifs is 1. The summed E-state index contributed by atoms with van der Waals surface area (Å²) in [6, 6.07) is 17.0. The summed E-state index contributed by atoms with van der Waals surface area (Å²) in [6.45, 7) is 7.88. The first-order valence-electron chi connectivity index (χ1n) is 9.84. The Bertz CT molecular complexity index is 1010. The highest BCUT2D eigenvalue weighted by atomic mass is 16.5. The number of ether oxygens (including phenoxy) is 1. The van der Waals surface area contributed by atoms with E-state index in [1.54, 1.807) is 17.9 Å². The Balaban J connectivity index is 1.65. The van der Waals surface area contributed by atoms with Gasteiger partial charge in [-0.2, -0.15) is 0 Å². The highest BCUT2D eigenvalue weighted by Gasteiger charge is 2.31. The molecule has 1 amide bonds. The smallest absolute Gasteiger partial charge is 0.331 e. The summed E-state index contributed by atoms with van der Waals surface area (Å²) < 4.78 is 10.9. The molecule has 156 valence electrons. The quantitative estimate of drug-likeness (QED) is 0.442. The zero-order chi connectivity index (χ0) is 21.7. The normalized spacial score (nSPS) is 12.8. The maximum absolute atomic E-state index is 13.0. The zero-order valence-electron chi connectivity index (χ0n) is 17.7. The lowest BCUT2D eigenvalue weighted by Gasteiger charge is -2.37. The number of carbonyl (C=O) groups is 2. The lowest BCUT2D eigenvalue weighted by Crippen LogP contribution is -2.49. The fourth-order valence-corrected chi connectivity index (χ4v) is 3.00.